The zero-order valence-electron chi connectivity index (χ0n) is 8.48. The van der Waals surface area contributed by atoms with Crippen molar-refractivity contribution in [3.05, 3.63) is 0 Å². The average Bonchev–Trinajstić information content (AvgIpc) is 2.15. The monoisotopic (exact) mass is 202 g/mol. The standard InChI is InChI=1S/C10H18O4/c1-7-6-8(11)9(12)10(14-7)4-2-3-5-13-10/h7-9,11-12H,2-6H2,1H3/t7-,8-,9-,10-/m0/s1. The van der Waals surface area contributed by atoms with Gasteiger partial charge < -0.3 is 19.7 Å². The topological polar surface area (TPSA) is 58.9 Å². The lowest BCUT2D eigenvalue weighted by molar-refractivity contribution is -0.349. The molecule has 0 saturated carbocycles. The van der Waals surface area contributed by atoms with Gasteiger partial charge in [0, 0.05) is 12.8 Å². The van der Waals surface area contributed by atoms with Crippen molar-refractivity contribution >= 4 is 0 Å². The molecule has 2 rings (SSSR count). The minimum atomic E-state index is -0.935. The molecule has 4 heteroatoms. The van der Waals surface area contributed by atoms with Crippen LogP contribution in [0.1, 0.15) is 32.6 Å². The van der Waals surface area contributed by atoms with Crippen molar-refractivity contribution in [1.82, 2.24) is 0 Å². The van der Waals surface area contributed by atoms with Gasteiger partial charge in [-0.3, -0.25) is 0 Å². The first-order valence-electron chi connectivity index (χ1n) is 5.32. The molecule has 0 radical (unpaired) electrons. The van der Waals surface area contributed by atoms with Gasteiger partial charge in [0.05, 0.1) is 18.8 Å². The number of aliphatic hydroxyl groups is 2. The molecule has 4 nitrogen and oxygen atoms in total. The molecular formula is C10H18O4. The van der Waals surface area contributed by atoms with Crippen LogP contribution in [-0.4, -0.2) is 40.9 Å². The summed E-state index contributed by atoms with van der Waals surface area (Å²) in [6.07, 6.45) is 1.46. The molecule has 2 saturated heterocycles. The second-order valence-corrected chi connectivity index (χ2v) is 4.29. The van der Waals surface area contributed by atoms with Crippen LogP contribution >= 0.6 is 0 Å². The Morgan fingerprint density at radius 2 is 2.07 bits per heavy atom. The first-order valence-corrected chi connectivity index (χ1v) is 5.32. The third kappa shape index (κ3) is 1.67. The van der Waals surface area contributed by atoms with Crippen LogP contribution in [0.5, 0.6) is 0 Å². The lowest BCUT2D eigenvalue weighted by Crippen LogP contribution is -2.60. The van der Waals surface area contributed by atoms with E-state index in [-0.39, 0.29) is 6.10 Å². The second kappa shape index (κ2) is 3.77. The maximum absolute atomic E-state index is 9.87. The molecular weight excluding hydrogens is 184 g/mol. The van der Waals surface area contributed by atoms with E-state index in [4.69, 9.17) is 9.47 Å². The highest BCUT2D eigenvalue weighted by Crippen LogP contribution is 2.37. The molecule has 0 aliphatic carbocycles. The van der Waals surface area contributed by atoms with E-state index in [1.807, 2.05) is 6.92 Å². The second-order valence-electron chi connectivity index (χ2n) is 4.29. The zero-order valence-corrected chi connectivity index (χ0v) is 8.48. The quantitative estimate of drug-likeness (QED) is 0.597. The Balaban J connectivity index is 2.13. The van der Waals surface area contributed by atoms with Crippen LogP contribution in [0.2, 0.25) is 0 Å². The van der Waals surface area contributed by atoms with Crippen molar-refractivity contribution in [1.29, 1.82) is 0 Å². The number of ether oxygens (including phenoxy) is 2. The molecule has 0 unspecified atom stereocenters. The smallest absolute Gasteiger partial charge is 0.197 e. The van der Waals surface area contributed by atoms with Crippen LogP contribution in [-0.2, 0) is 9.47 Å². The Bertz CT molecular complexity index is 200. The average molecular weight is 202 g/mol. The van der Waals surface area contributed by atoms with Crippen molar-refractivity contribution in [2.24, 2.45) is 0 Å². The Labute approximate surface area is 83.8 Å². The van der Waals surface area contributed by atoms with E-state index in [1.165, 1.54) is 0 Å². The normalized spacial score (nSPS) is 49.5. The van der Waals surface area contributed by atoms with Gasteiger partial charge in [-0.25, -0.2) is 0 Å². The van der Waals surface area contributed by atoms with Crippen LogP contribution in [0.4, 0.5) is 0 Å². The molecule has 0 aromatic heterocycles. The molecule has 0 bridgehead atoms. The maximum Gasteiger partial charge on any atom is 0.197 e. The molecule has 2 heterocycles. The summed E-state index contributed by atoms with van der Waals surface area (Å²) >= 11 is 0. The number of hydrogen-bond donors (Lipinski definition) is 2. The van der Waals surface area contributed by atoms with E-state index in [2.05, 4.69) is 0 Å². The molecule has 2 aliphatic rings. The van der Waals surface area contributed by atoms with E-state index < -0.39 is 18.0 Å². The van der Waals surface area contributed by atoms with Gasteiger partial charge in [-0.2, -0.15) is 0 Å². The summed E-state index contributed by atoms with van der Waals surface area (Å²) in [6.45, 7) is 2.51. The number of rotatable bonds is 0. The van der Waals surface area contributed by atoms with Crippen molar-refractivity contribution < 1.29 is 19.7 Å². The summed E-state index contributed by atoms with van der Waals surface area (Å²) < 4.78 is 11.2. The Hall–Kier alpha value is -0.160. The lowest BCUT2D eigenvalue weighted by atomic mass is 9.90. The summed E-state index contributed by atoms with van der Waals surface area (Å²) in [5, 5.41) is 19.5. The third-order valence-corrected chi connectivity index (χ3v) is 3.06. The minimum Gasteiger partial charge on any atom is -0.390 e. The lowest BCUT2D eigenvalue weighted by Gasteiger charge is -2.47. The van der Waals surface area contributed by atoms with Gasteiger partial charge in [-0.15, -0.1) is 0 Å². The van der Waals surface area contributed by atoms with E-state index in [0.717, 1.165) is 12.8 Å². The highest BCUT2D eigenvalue weighted by molar-refractivity contribution is 4.92. The van der Waals surface area contributed by atoms with Crippen LogP contribution in [0, 0.1) is 0 Å². The molecule has 0 aromatic rings. The summed E-state index contributed by atoms with van der Waals surface area (Å²) in [7, 11) is 0. The molecule has 82 valence electrons. The molecule has 0 aromatic carbocycles. The molecule has 14 heavy (non-hydrogen) atoms. The van der Waals surface area contributed by atoms with Gasteiger partial charge in [0.15, 0.2) is 5.79 Å². The Kier molecular flexibility index (Phi) is 2.79. The molecule has 2 N–H and O–H groups in total. The number of hydrogen-bond acceptors (Lipinski definition) is 4. The van der Waals surface area contributed by atoms with Crippen molar-refractivity contribution in [3.8, 4) is 0 Å². The first kappa shape index (κ1) is 10.4. The Morgan fingerprint density at radius 1 is 1.29 bits per heavy atom. The largest absolute Gasteiger partial charge is 0.390 e. The third-order valence-electron chi connectivity index (χ3n) is 3.06. The van der Waals surface area contributed by atoms with Gasteiger partial charge in [-0.05, 0) is 19.8 Å². The minimum absolute atomic E-state index is 0.0495. The first-order chi connectivity index (χ1) is 6.64. The zero-order chi connectivity index (χ0) is 10.2. The van der Waals surface area contributed by atoms with E-state index in [1.54, 1.807) is 0 Å². The molecule has 0 amide bonds. The van der Waals surface area contributed by atoms with Crippen molar-refractivity contribution in [2.75, 3.05) is 6.61 Å². The van der Waals surface area contributed by atoms with E-state index in [0.29, 0.717) is 19.4 Å². The SMILES string of the molecule is C[C@H]1C[C@H](O)[C@H](O)[C@]2(CCCCO2)O1. The number of aliphatic hydroxyl groups excluding tert-OH is 2. The van der Waals surface area contributed by atoms with Gasteiger partial charge >= 0.3 is 0 Å². The summed E-state index contributed by atoms with van der Waals surface area (Å²) in [6, 6.07) is 0. The Morgan fingerprint density at radius 3 is 2.71 bits per heavy atom. The van der Waals surface area contributed by atoms with Crippen LogP contribution in [0.15, 0.2) is 0 Å². The van der Waals surface area contributed by atoms with Gasteiger partial charge in [-0.1, -0.05) is 0 Å². The van der Waals surface area contributed by atoms with Gasteiger partial charge in [0.2, 0.25) is 0 Å². The molecule has 2 fully saturated rings. The van der Waals surface area contributed by atoms with E-state index in [9.17, 15) is 10.2 Å². The molecule has 4 atom stereocenters. The predicted octanol–water partition coefficient (Wildman–Crippen LogP) is 0.414. The van der Waals surface area contributed by atoms with Crippen LogP contribution in [0.3, 0.4) is 0 Å². The highest BCUT2D eigenvalue weighted by Gasteiger charge is 2.49. The van der Waals surface area contributed by atoms with E-state index >= 15 is 0 Å². The fourth-order valence-electron chi connectivity index (χ4n) is 2.34. The fourth-order valence-corrected chi connectivity index (χ4v) is 2.34. The van der Waals surface area contributed by atoms with Crippen molar-refractivity contribution in [3.63, 3.8) is 0 Å². The molecule has 2 aliphatic heterocycles. The van der Waals surface area contributed by atoms with Crippen molar-refractivity contribution in [2.45, 2.75) is 56.7 Å². The summed E-state index contributed by atoms with van der Waals surface area (Å²) in [5.41, 5.74) is 0. The fraction of sp³-hybridized carbons (Fsp3) is 1.00. The summed E-state index contributed by atoms with van der Waals surface area (Å²) in [4.78, 5) is 0. The van der Waals surface area contributed by atoms with Gasteiger partial charge in [0.25, 0.3) is 0 Å². The highest BCUT2D eigenvalue weighted by atomic mass is 16.7. The van der Waals surface area contributed by atoms with Crippen LogP contribution < -0.4 is 0 Å². The van der Waals surface area contributed by atoms with Gasteiger partial charge in [0.1, 0.15) is 6.10 Å². The molecule has 1 spiro atoms. The maximum atomic E-state index is 9.87. The predicted molar refractivity (Wildman–Crippen MR) is 49.7 cm³/mol. The van der Waals surface area contributed by atoms with Crippen LogP contribution in [0.25, 0.3) is 0 Å². The summed E-state index contributed by atoms with van der Waals surface area (Å²) in [5.74, 6) is -0.935.